The number of carbonyl (C=O) groups excluding carboxylic acids is 1. The van der Waals surface area contributed by atoms with Crippen molar-refractivity contribution in [1.82, 2.24) is 9.97 Å². The van der Waals surface area contributed by atoms with Gasteiger partial charge in [0.2, 0.25) is 5.78 Å². The van der Waals surface area contributed by atoms with E-state index in [9.17, 15) is 4.79 Å². The van der Waals surface area contributed by atoms with Crippen molar-refractivity contribution in [2.24, 2.45) is 5.92 Å². The Kier molecular flexibility index (Phi) is 16.4. The lowest BCUT2D eigenvalue weighted by atomic mass is 10.0. The van der Waals surface area contributed by atoms with Gasteiger partial charge in [-0.05, 0) is 38.1 Å². The summed E-state index contributed by atoms with van der Waals surface area (Å²) >= 11 is 0. The number of aromatic nitrogens is 2. The van der Waals surface area contributed by atoms with Crippen LogP contribution in [0, 0.1) is 5.92 Å². The van der Waals surface area contributed by atoms with Gasteiger partial charge in [-0.15, -0.1) is 0 Å². The SMILES string of the molecule is CC.CC.CC(O)C(C)C(C)O.O=C(c1ccccn1)c1ccccn1. The van der Waals surface area contributed by atoms with Crippen LogP contribution in [0.1, 0.15) is 64.6 Å². The molecule has 0 aliphatic carbocycles. The maximum Gasteiger partial charge on any atom is 0.229 e. The summed E-state index contributed by atoms with van der Waals surface area (Å²) in [5.41, 5.74) is 0.845. The van der Waals surface area contributed by atoms with Crippen molar-refractivity contribution in [3.8, 4) is 0 Å². The van der Waals surface area contributed by atoms with Crippen molar-refractivity contribution in [1.29, 1.82) is 0 Å². The Morgan fingerprint density at radius 1 is 0.769 bits per heavy atom. The van der Waals surface area contributed by atoms with E-state index in [0.29, 0.717) is 11.4 Å². The van der Waals surface area contributed by atoms with E-state index < -0.39 is 12.2 Å². The molecule has 2 unspecified atom stereocenters. The van der Waals surface area contributed by atoms with Crippen LogP contribution in [0.4, 0.5) is 0 Å². The third-order valence-corrected chi connectivity index (χ3v) is 3.32. The minimum absolute atomic E-state index is 0.0185. The summed E-state index contributed by atoms with van der Waals surface area (Å²) in [6.07, 6.45) is 2.37. The maximum absolute atomic E-state index is 11.7. The zero-order valence-electron chi connectivity index (χ0n) is 17.0. The van der Waals surface area contributed by atoms with Gasteiger partial charge in [0.25, 0.3) is 0 Å². The summed E-state index contributed by atoms with van der Waals surface area (Å²) in [7, 11) is 0. The van der Waals surface area contributed by atoms with Crippen LogP contribution in [0.25, 0.3) is 0 Å². The van der Waals surface area contributed by atoms with Crippen molar-refractivity contribution in [2.45, 2.75) is 60.7 Å². The highest BCUT2D eigenvalue weighted by Gasteiger charge is 2.13. The van der Waals surface area contributed by atoms with E-state index in [0.717, 1.165) is 0 Å². The lowest BCUT2D eigenvalue weighted by molar-refractivity contribution is 0.0420. The number of aliphatic hydroxyl groups excluding tert-OH is 2. The smallest absolute Gasteiger partial charge is 0.229 e. The molecule has 0 bridgehead atoms. The lowest BCUT2D eigenvalue weighted by Gasteiger charge is -2.16. The Balaban J connectivity index is 0. The van der Waals surface area contributed by atoms with Crippen molar-refractivity contribution >= 4 is 5.78 Å². The van der Waals surface area contributed by atoms with Gasteiger partial charge in [0.15, 0.2) is 0 Å². The molecule has 0 aromatic carbocycles. The van der Waals surface area contributed by atoms with Gasteiger partial charge in [-0.25, -0.2) is 0 Å². The molecule has 0 saturated carbocycles. The standard InChI is InChI=1S/C11H8N2O.C6H14O2.2C2H6/c14-11(9-5-1-3-7-12-9)10-6-2-4-8-13-10;1-4(5(2)7)6(3)8;2*1-2/h1-8H;4-8H,1-3H3;2*1-2H3. The van der Waals surface area contributed by atoms with Crippen molar-refractivity contribution < 1.29 is 15.0 Å². The molecule has 146 valence electrons. The number of aliphatic hydroxyl groups is 2. The summed E-state index contributed by atoms with van der Waals surface area (Å²) in [4.78, 5) is 19.7. The second kappa shape index (κ2) is 16.4. The third-order valence-electron chi connectivity index (χ3n) is 3.32. The van der Waals surface area contributed by atoms with Crippen LogP contribution in [0.15, 0.2) is 48.8 Å². The monoisotopic (exact) mass is 362 g/mol. The molecular formula is C21H34N2O3. The van der Waals surface area contributed by atoms with Gasteiger partial charge >= 0.3 is 0 Å². The molecule has 0 spiro atoms. The molecule has 0 aliphatic heterocycles. The topological polar surface area (TPSA) is 83.3 Å². The molecule has 2 aromatic heterocycles. The van der Waals surface area contributed by atoms with Crippen LogP contribution in [0.3, 0.4) is 0 Å². The van der Waals surface area contributed by atoms with Crippen LogP contribution < -0.4 is 0 Å². The Labute approximate surface area is 158 Å². The summed E-state index contributed by atoms with van der Waals surface area (Å²) in [6.45, 7) is 13.2. The van der Waals surface area contributed by atoms with Gasteiger partial charge in [0, 0.05) is 18.3 Å². The number of carbonyl (C=O) groups is 1. The van der Waals surface area contributed by atoms with Crippen molar-refractivity contribution in [3.05, 3.63) is 60.2 Å². The van der Waals surface area contributed by atoms with E-state index in [1.807, 2.05) is 34.6 Å². The Morgan fingerprint density at radius 3 is 1.31 bits per heavy atom. The molecule has 0 fully saturated rings. The number of nitrogens with zero attached hydrogens (tertiary/aromatic N) is 2. The van der Waals surface area contributed by atoms with Gasteiger partial charge < -0.3 is 10.2 Å². The van der Waals surface area contributed by atoms with Crippen LogP contribution in [-0.4, -0.2) is 38.2 Å². The maximum atomic E-state index is 11.7. The first kappa shape index (κ1) is 26.1. The first-order valence-corrected chi connectivity index (χ1v) is 9.16. The van der Waals surface area contributed by atoms with Gasteiger partial charge in [0.1, 0.15) is 11.4 Å². The summed E-state index contributed by atoms with van der Waals surface area (Å²) in [6, 6.07) is 10.5. The zero-order valence-corrected chi connectivity index (χ0v) is 17.0. The number of pyridine rings is 2. The Hall–Kier alpha value is -2.11. The van der Waals surface area contributed by atoms with Gasteiger partial charge in [0.05, 0.1) is 12.2 Å². The molecular weight excluding hydrogens is 328 g/mol. The Bertz CT molecular complexity index is 508. The molecule has 5 nitrogen and oxygen atoms in total. The largest absolute Gasteiger partial charge is 0.393 e. The summed E-state index contributed by atoms with van der Waals surface area (Å²) in [5.74, 6) is -0.166. The Morgan fingerprint density at radius 2 is 1.12 bits per heavy atom. The highest BCUT2D eigenvalue weighted by atomic mass is 16.3. The predicted molar refractivity (Wildman–Crippen MR) is 107 cm³/mol. The van der Waals surface area contributed by atoms with E-state index >= 15 is 0 Å². The average Bonchev–Trinajstić information content (AvgIpc) is 2.71. The molecule has 2 aromatic rings. The van der Waals surface area contributed by atoms with Crippen molar-refractivity contribution in [3.63, 3.8) is 0 Å². The van der Waals surface area contributed by atoms with Crippen LogP contribution in [0.5, 0.6) is 0 Å². The predicted octanol–water partition coefficient (Wildman–Crippen LogP) is 4.14. The molecule has 0 saturated heterocycles. The molecule has 2 N–H and O–H groups in total. The molecule has 0 aliphatic rings. The second-order valence-electron chi connectivity index (χ2n) is 5.10. The van der Waals surface area contributed by atoms with Gasteiger partial charge in [-0.1, -0.05) is 46.8 Å². The number of rotatable bonds is 4. The molecule has 26 heavy (non-hydrogen) atoms. The van der Waals surface area contributed by atoms with Crippen molar-refractivity contribution in [2.75, 3.05) is 0 Å². The fourth-order valence-corrected chi connectivity index (χ4v) is 1.53. The molecule has 2 atom stereocenters. The lowest BCUT2D eigenvalue weighted by Crippen LogP contribution is -2.24. The summed E-state index contributed by atoms with van der Waals surface area (Å²) in [5, 5.41) is 17.7. The molecule has 0 radical (unpaired) electrons. The summed E-state index contributed by atoms with van der Waals surface area (Å²) < 4.78 is 0. The van der Waals surface area contributed by atoms with E-state index in [1.54, 1.807) is 62.6 Å². The number of hydrogen-bond donors (Lipinski definition) is 2. The van der Waals surface area contributed by atoms with E-state index in [4.69, 9.17) is 10.2 Å². The first-order chi connectivity index (χ1) is 12.4. The van der Waals surface area contributed by atoms with E-state index in [-0.39, 0.29) is 11.7 Å². The van der Waals surface area contributed by atoms with Gasteiger partial charge in [-0.3, -0.25) is 14.8 Å². The highest BCUT2D eigenvalue weighted by molar-refractivity contribution is 6.06. The first-order valence-electron chi connectivity index (χ1n) is 9.16. The number of hydrogen-bond acceptors (Lipinski definition) is 5. The van der Waals surface area contributed by atoms with E-state index in [1.165, 1.54) is 0 Å². The fourth-order valence-electron chi connectivity index (χ4n) is 1.53. The zero-order chi connectivity index (χ0) is 20.5. The quantitative estimate of drug-likeness (QED) is 0.799. The molecule has 2 heterocycles. The van der Waals surface area contributed by atoms with Crippen LogP contribution >= 0.6 is 0 Å². The van der Waals surface area contributed by atoms with E-state index in [2.05, 4.69) is 9.97 Å². The minimum atomic E-state index is -0.407. The molecule has 2 rings (SSSR count). The molecule has 0 amide bonds. The fraction of sp³-hybridized carbons (Fsp3) is 0.476. The second-order valence-corrected chi connectivity index (χ2v) is 5.10. The van der Waals surface area contributed by atoms with Crippen LogP contribution in [-0.2, 0) is 0 Å². The molecule has 5 heteroatoms. The average molecular weight is 363 g/mol. The highest BCUT2D eigenvalue weighted by Crippen LogP contribution is 2.06. The van der Waals surface area contributed by atoms with Crippen LogP contribution in [0.2, 0.25) is 0 Å². The third kappa shape index (κ3) is 10.7. The normalized spacial score (nSPS) is 12.5. The van der Waals surface area contributed by atoms with Gasteiger partial charge in [-0.2, -0.15) is 0 Å². The minimum Gasteiger partial charge on any atom is -0.393 e. The number of ketones is 1.